The molecule has 1 saturated heterocycles. The molecule has 2 rings (SSSR count). The Labute approximate surface area is 108 Å². The number of carbonyl (C=O) groups excluding carboxylic acids is 1. The van der Waals surface area contributed by atoms with E-state index in [1.165, 1.54) is 0 Å². The van der Waals surface area contributed by atoms with Crippen LogP contribution in [0, 0.1) is 0 Å². The second kappa shape index (κ2) is 6.33. The van der Waals surface area contributed by atoms with Crippen LogP contribution in [-0.4, -0.2) is 37.1 Å². The Morgan fingerprint density at radius 1 is 1.28 bits per heavy atom. The fourth-order valence-corrected chi connectivity index (χ4v) is 1.92. The van der Waals surface area contributed by atoms with Crippen molar-refractivity contribution in [2.45, 2.75) is 6.42 Å². The lowest BCUT2D eigenvalue weighted by atomic mass is 10.1. The van der Waals surface area contributed by atoms with E-state index in [4.69, 9.17) is 0 Å². The van der Waals surface area contributed by atoms with Crippen LogP contribution in [0.3, 0.4) is 0 Å². The van der Waals surface area contributed by atoms with Gasteiger partial charge in [0.1, 0.15) is 0 Å². The molecule has 2 N–H and O–H groups in total. The van der Waals surface area contributed by atoms with Gasteiger partial charge in [-0.25, -0.2) is 5.01 Å². The van der Waals surface area contributed by atoms with E-state index in [9.17, 15) is 4.79 Å². The summed E-state index contributed by atoms with van der Waals surface area (Å²) in [6.45, 7) is 7.35. The molecule has 1 heterocycles. The highest BCUT2D eigenvalue weighted by molar-refractivity contribution is 5.92. The van der Waals surface area contributed by atoms with Gasteiger partial charge in [-0.3, -0.25) is 10.2 Å². The van der Waals surface area contributed by atoms with Crippen molar-refractivity contribution in [1.82, 2.24) is 15.8 Å². The number of piperazine rings is 1. The monoisotopic (exact) mass is 245 g/mol. The SMILES string of the molecule is C=C(Cc1ccccc1)C(=O)NN1CCNCC1. The minimum atomic E-state index is -0.0826. The van der Waals surface area contributed by atoms with Crippen LogP contribution in [0.15, 0.2) is 42.5 Å². The van der Waals surface area contributed by atoms with Crippen molar-refractivity contribution in [3.05, 3.63) is 48.0 Å². The Balaban J connectivity index is 1.83. The normalized spacial score (nSPS) is 16.2. The van der Waals surface area contributed by atoms with Crippen LogP contribution in [0.4, 0.5) is 0 Å². The van der Waals surface area contributed by atoms with E-state index >= 15 is 0 Å². The van der Waals surface area contributed by atoms with Crippen molar-refractivity contribution < 1.29 is 4.79 Å². The summed E-state index contributed by atoms with van der Waals surface area (Å²) in [5.41, 5.74) is 4.60. The molecule has 1 amide bonds. The largest absolute Gasteiger partial charge is 0.314 e. The van der Waals surface area contributed by atoms with Gasteiger partial charge in [-0.05, 0) is 5.56 Å². The van der Waals surface area contributed by atoms with E-state index in [0.29, 0.717) is 12.0 Å². The molecule has 0 unspecified atom stereocenters. The van der Waals surface area contributed by atoms with Crippen molar-refractivity contribution in [3.8, 4) is 0 Å². The quantitative estimate of drug-likeness (QED) is 0.768. The van der Waals surface area contributed by atoms with Gasteiger partial charge >= 0.3 is 0 Å². The maximum Gasteiger partial charge on any atom is 0.261 e. The van der Waals surface area contributed by atoms with E-state index in [1.54, 1.807) is 0 Å². The molecule has 1 aliphatic heterocycles. The minimum Gasteiger partial charge on any atom is -0.314 e. The Bertz CT molecular complexity index is 410. The molecule has 1 fully saturated rings. The molecule has 0 spiro atoms. The highest BCUT2D eigenvalue weighted by Gasteiger charge is 2.14. The van der Waals surface area contributed by atoms with Gasteiger partial charge in [0.25, 0.3) is 5.91 Å². The smallest absolute Gasteiger partial charge is 0.261 e. The number of nitrogens with zero attached hydrogens (tertiary/aromatic N) is 1. The summed E-state index contributed by atoms with van der Waals surface area (Å²) < 4.78 is 0. The molecule has 0 saturated carbocycles. The zero-order valence-corrected chi connectivity index (χ0v) is 10.5. The summed E-state index contributed by atoms with van der Waals surface area (Å²) in [6, 6.07) is 9.91. The summed E-state index contributed by atoms with van der Waals surface area (Å²) in [5.74, 6) is -0.0826. The summed E-state index contributed by atoms with van der Waals surface area (Å²) in [5, 5.41) is 5.18. The molecule has 0 aliphatic carbocycles. The van der Waals surface area contributed by atoms with Gasteiger partial charge in [-0.1, -0.05) is 36.9 Å². The molecule has 1 aromatic rings. The van der Waals surface area contributed by atoms with E-state index in [-0.39, 0.29) is 5.91 Å². The van der Waals surface area contributed by atoms with E-state index in [1.807, 2.05) is 35.3 Å². The second-order valence-corrected chi connectivity index (χ2v) is 4.44. The van der Waals surface area contributed by atoms with Crippen molar-refractivity contribution in [2.24, 2.45) is 0 Å². The van der Waals surface area contributed by atoms with Gasteiger partial charge in [0.15, 0.2) is 0 Å². The lowest BCUT2D eigenvalue weighted by Crippen LogP contribution is -2.52. The Hall–Kier alpha value is -1.65. The average Bonchev–Trinajstić information content (AvgIpc) is 2.41. The van der Waals surface area contributed by atoms with Crippen molar-refractivity contribution in [1.29, 1.82) is 0 Å². The van der Waals surface area contributed by atoms with Crippen LogP contribution < -0.4 is 10.7 Å². The number of rotatable bonds is 4. The summed E-state index contributed by atoms with van der Waals surface area (Å²) in [6.07, 6.45) is 0.596. The summed E-state index contributed by atoms with van der Waals surface area (Å²) in [4.78, 5) is 11.9. The van der Waals surface area contributed by atoms with Gasteiger partial charge in [0.05, 0.1) is 0 Å². The number of carbonyl (C=O) groups is 1. The first-order valence-corrected chi connectivity index (χ1v) is 6.24. The number of benzene rings is 1. The van der Waals surface area contributed by atoms with Crippen LogP contribution >= 0.6 is 0 Å². The molecule has 18 heavy (non-hydrogen) atoms. The lowest BCUT2D eigenvalue weighted by Gasteiger charge is -2.27. The Morgan fingerprint density at radius 3 is 2.61 bits per heavy atom. The van der Waals surface area contributed by atoms with Crippen LogP contribution in [-0.2, 0) is 11.2 Å². The van der Waals surface area contributed by atoms with Crippen LogP contribution in [0.5, 0.6) is 0 Å². The molecule has 0 atom stereocenters. The standard InChI is InChI=1S/C14H19N3O/c1-12(11-13-5-3-2-4-6-13)14(18)16-17-9-7-15-8-10-17/h2-6,15H,1,7-11H2,(H,16,18). The van der Waals surface area contributed by atoms with Gasteiger partial charge in [0, 0.05) is 38.2 Å². The summed E-state index contributed by atoms with van der Waals surface area (Å²) >= 11 is 0. The second-order valence-electron chi connectivity index (χ2n) is 4.44. The zero-order valence-electron chi connectivity index (χ0n) is 10.5. The van der Waals surface area contributed by atoms with Crippen LogP contribution in [0.1, 0.15) is 5.56 Å². The first-order valence-electron chi connectivity index (χ1n) is 6.24. The van der Waals surface area contributed by atoms with Gasteiger partial charge in [-0.15, -0.1) is 0 Å². The lowest BCUT2D eigenvalue weighted by molar-refractivity contribution is -0.122. The van der Waals surface area contributed by atoms with Crippen LogP contribution in [0.25, 0.3) is 0 Å². The van der Waals surface area contributed by atoms with Crippen molar-refractivity contribution in [3.63, 3.8) is 0 Å². The third kappa shape index (κ3) is 3.68. The van der Waals surface area contributed by atoms with Gasteiger partial charge in [-0.2, -0.15) is 0 Å². The van der Waals surface area contributed by atoms with E-state index < -0.39 is 0 Å². The molecule has 1 aliphatic rings. The molecule has 0 bridgehead atoms. The number of nitrogens with one attached hydrogen (secondary N) is 2. The molecule has 0 aromatic heterocycles. The van der Waals surface area contributed by atoms with Gasteiger partial charge < -0.3 is 5.32 Å². The third-order valence-corrected chi connectivity index (χ3v) is 2.96. The van der Waals surface area contributed by atoms with Crippen molar-refractivity contribution >= 4 is 5.91 Å². The molecule has 4 heteroatoms. The van der Waals surface area contributed by atoms with Gasteiger partial charge in [0.2, 0.25) is 0 Å². The highest BCUT2D eigenvalue weighted by atomic mass is 16.2. The third-order valence-electron chi connectivity index (χ3n) is 2.96. The molecular weight excluding hydrogens is 226 g/mol. The molecule has 0 radical (unpaired) electrons. The van der Waals surface area contributed by atoms with Crippen LogP contribution in [0.2, 0.25) is 0 Å². The molecule has 1 aromatic carbocycles. The van der Waals surface area contributed by atoms with E-state index in [0.717, 1.165) is 31.7 Å². The number of hydrogen-bond donors (Lipinski definition) is 2. The predicted molar refractivity (Wildman–Crippen MR) is 71.9 cm³/mol. The number of hydrogen-bond acceptors (Lipinski definition) is 3. The molecule has 4 nitrogen and oxygen atoms in total. The number of hydrazine groups is 1. The maximum absolute atomic E-state index is 11.9. The van der Waals surface area contributed by atoms with Crippen molar-refractivity contribution in [2.75, 3.05) is 26.2 Å². The van der Waals surface area contributed by atoms with E-state index in [2.05, 4.69) is 17.3 Å². The Kier molecular flexibility index (Phi) is 4.50. The Morgan fingerprint density at radius 2 is 1.94 bits per heavy atom. The maximum atomic E-state index is 11.9. The highest BCUT2D eigenvalue weighted by Crippen LogP contribution is 2.06. The minimum absolute atomic E-state index is 0.0826. The fraction of sp³-hybridized carbons (Fsp3) is 0.357. The number of amides is 1. The zero-order chi connectivity index (χ0) is 12.8. The summed E-state index contributed by atoms with van der Waals surface area (Å²) in [7, 11) is 0. The average molecular weight is 245 g/mol. The predicted octanol–water partition coefficient (Wildman–Crippen LogP) is 0.722. The first-order chi connectivity index (χ1) is 8.75. The molecular formula is C14H19N3O. The topological polar surface area (TPSA) is 44.4 Å². The molecule has 96 valence electrons. The fourth-order valence-electron chi connectivity index (χ4n) is 1.92. The first kappa shape index (κ1) is 12.8.